The van der Waals surface area contributed by atoms with E-state index in [0.29, 0.717) is 17.0 Å². The third-order valence-corrected chi connectivity index (χ3v) is 5.40. The van der Waals surface area contributed by atoms with Crippen LogP contribution >= 0.6 is 0 Å². The van der Waals surface area contributed by atoms with Crippen molar-refractivity contribution >= 4 is 0 Å². The zero-order valence-corrected chi connectivity index (χ0v) is 16.9. The van der Waals surface area contributed by atoms with Crippen molar-refractivity contribution in [1.29, 1.82) is 0 Å². The molecule has 1 aliphatic rings. The van der Waals surface area contributed by atoms with E-state index < -0.39 is 12.0 Å². The first kappa shape index (κ1) is 21.3. The Morgan fingerprint density at radius 1 is 1.19 bits per heavy atom. The summed E-state index contributed by atoms with van der Waals surface area (Å²) in [6.45, 7) is 1.37. The molecule has 1 saturated heterocycles. The predicted molar refractivity (Wildman–Crippen MR) is 108 cm³/mol. The maximum atomic E-state index is 13.2. The standard InChI is InChI=1S/C21H23F3N6O/c1-31-18-10-9-16(30-20(21(22,23)24)27-28-29-30)12-15(18)13-26-17-8-5-11-25-19(17)14-6-3-2-4-7-14/h2-4,6-7,9-10,12,17,19,25-26H,5,8,11,13H2,1H3/t17-,19+/m1/s1. The summed E-state index contributed by atoms with van der Waals surface area (Å²) in [4.78, 5) is 0. The lowest BCUT2D eigenvalue weighted by molar-refractivity contribution is -0.146. The van der Waals surface area contributed by atoms with Gasteiger partial charge in [0.25, 0.3) is 5.82 Å². The molecule has 2 atom stereocenters. The maximum absolute atomic E-state index is 13.2. The van der Waals surface area contributed by atoms with Gasteiger partial charge in [-0.05, 0) is 53.6 Å². The third-order valence-electron chi connectivity index (χ3n) is 5.40. The number of methoxy groups -OCH3 is 1. The second-order valence-electron chi connectivity index (χ2n) is 7.38. The van der Waals surface area contributed by atoms with Crippen molar-refractivity contribution < 1.29 is 17.9 Å². The average Bonchev–Trinajstić information content (AvgIpc) is 3.29. The minimum atomic E-state index is -4.65. The molecule has 0 unspecified atom stereocenters. The van der Waals surface area contributed by atoms with Gasteiger partial charge in [0.2, 0.25) is 0 Å². The van der Waals surface area contributed by atoms with Crippen LogP contribution in [0.5, 0.6) is 5.75 Å². The highest BCUT2D eigenvalue weighted by Crippen LogP contribution is 2.30. The Morgan fingerprint density at radius 2 is 2.00 bits per heavy atom. The first-order valence-electron chi connectivity index (χ1n) is 10.0. The van der Waals surface area contributed by atoms with Crippen molar-refractivity contribution in [2.24, 2.45) is 0 Å². The summed E-state index contributed by atoms with van der Waals surface area (Å²) in [6.07, 6.45) is -2.63. The van der Waals surface area contributed by atoms with Crippen LogP contribution in [0.15, 0.2) is 48.5 Å². The summed E-state index contributed by atoms with van der Waals surface area (Å²) < 4.78 is 45.7. The predicted octanol–water partition coefficient (Wildman–Crippen LogP) is 3.27. The molecule has 2 N–H and O–H groups in total. The van der Waals surface area contributed by atoms with Crippen molar-refractivity contribution in [2.75, 3.05) is 13.7 Å². The van der Waals surface area contributed by atoms with Crippen LogP contribution in [-0.4, -0.2) is 39.9 Å². The first-order chi connectivity index (χ1) is 15.0. The molecule has 2 aromatic carbocycles. The number of aromatic nitrogens is 4. The number of benzene rings is 2. The molecule has 164 valence electrons. The number of nitrogens with zero attached hydrogens (tertiary/aromatic N) is 4. The molecule has 0 spiro atoms. The summed E-state index contributed by atoms with van der Waals surface area (Å²) >= 11 is 0. The Morgan fingerprint density at radius 3 is 2.74 bits per heavy atom. The molecule has 1 aromatic heterocycles. The largest absolute Gasteiger partial charge is 0.496 e. The molecule has 0 amide bonds. The zero-order chi connectivity index (χ0) is 21.8. The van der Waals surface area contributed by atoms with Crippen LogP contribution in [-0.2, 0) is 12.7 Å². The summed E-state index contributed by atoms with van der Waals surface area (Å²) in [7, 11) is 1.53. The number of halogens is 3. The smallest absolute Gasteiger partial charge is 0.453 e. The van der Waals surface area contributed by atoms with E-state index in [4.69, 9.17) is 4.74 Å². The van der Waals surface area contributed by atoms with Gasteiger partial charge < -0.3 is 15.4 Å². The highest BCUT2D eigenvalue weighted by molar-refractivity contribution is 5.44. The third kappa shape index (κ3) is 4.70. The molecule has 0 aliphatic carbocycles. The number of ether oxygens (including phenoxy) is 1. The van der Waals surface area contributed by atoms with Crippen LogP contribution in [0.4, 0.5) is 13.2 Å². The summed E-state index contributed by atoms with van der Waals surface area (Å²) in [6, 6.07) is 15.3. The number of tetrazole rings is 1. The fourth-order valence-corrected chi connectivity index (χ4v) is 3.93. The van der Waals surface area contributed by atoms with Crippen LogP contribution in [0.25, 0.3) is 5.69 Å². The minimum Gasteiger partial charge on any atom is -0.496 e. The number of alkyl halides is 3. The van der Waals surface area contributed by atoms with Crippen LogP contribution < -0.4 is 15.4 Å². The minimum absolute atomic E-state index is 0.153. The monoisotopic (exact) mass is 432 g/mol. The summed E-state index contributed by atoms with van der Waals surface area (Å²) in [5.74, 6) is -0.588. The van der Waals surface area contributed by atoms with E-state index in [1.165, 1.54) is 18.7 Å². The Labute approximate surface area is 177 Å². The Bertz CT molecular complexity index is 1010. The van der Waals surface area contributed by atoms with Gasteiger partial charge in [0.1, 0.15) is 5.75 Å². The Balaban J connectivity index is 1.57. The van der Waals surface area contributed by atoms with E-state index in [1.54, 1.807) is 12.1 Å². The van der Waals surface area contributed by atoms with Crippen LogP contribution in [0.3, 0.4) is 0 Å². The SMILES string of the molecule is COc1ccc(-n2nnnc2C(F)(F)F)cc1CN[C@@H]1CCCN[C@H]1c1ccccc1. The molecule has 1 fully saturated rings. The molecular formula is C21H23F3N6O. The van der Waals surface area contributed by atoms with Gasteiger partial charge in [-0.15, -0.1) is 5.10 Å². The molecule has 1 aliphatic heterocycles. The first-order valence-corrected chi connectivity index (χ1v) is 10.0. The van der Waals surface area contributed by atoms with E-state index in [9.17, 15) is 13.2 Å². The van der Waals surface area contributed by atoms with E-state index in [-0.39, 0.29) is 17.8 Å². The van der Waals surface area contributed by atoms with Gasteiger partial charge in [0, 0.05) is 24.2 Å². The highest BCUT2D eigenvalue weighted by Gasteiger charge is 2.38. The lowest BCUT2D eigenvalue weighted by atomic mass is 9.92. The van der Waals surface area contributed by atoms with Crippen LogP contribution in [0.2, 0.25) is 0 Å². The number of rotatable bonds is 6. The normalized spacial score (nSPS) is 19.4. The molecule has 31 heavy (non-hydrogen) atoms. The van der Waals surface area contributed by atoms with E-state index in [1.807, 2.05) is 18.2 Å². The van der Waals surface area contributed by atoms with Crippen molar-refractivity contribution in [1.82, 2.24) is 30.8 Å². The second-order valence-corrected chi connectivity index (χ2v) is 7.38. The molecule has 3 aromatic rings. The van der Waals surface area contributed by atoms with Crippen molar-refractivity contribution in [3.63, 3.8) is 0 Å². The van der Waals surface area contributed by atoms with E-state index in [0.717, 1.165) is 24.9 Å². The molecule has 7 nitrogen and oxygen atoms in total. The zero-order valence-electron chi connectivity index (χ0n) is 16.9. The second kappa shape index (κ2) is 9.03. The lowest BCUT2D eigenvalue weighted by Gasteiger charge is -2.34. The summed E-state index contributed by atoms with van der Waals surface area (Å²) in [5.41, 5.74) is 2.14. The van der Waals surface area contributed by atoms with Crippen molar-refractivity contribution in [2.45, 2.75) is 37.6 Å². The molecule has 0 saturated carbocycles. The lowest BCUT2D eigenvalue weighted by Crippen LogP contribution is -2.45. The van der Waals surface area contributed by atoms with Gasteiger partial charge in [-0.25, -0.2) is 0 Å². The number of piperidine rings is 1. The molecule has 0 radical (unpaired) electrons. The van der Waals surface area contributed by atoms with Gasteiger partial charge in [0.05, 0.1) is 12.8 Å². The van der Waals surface area contributed by atoms with Crippen molar-refractivity contribution in [3.05, 3.63) is 65.5 Å². The molecule has 4 rings (SSSR count). The fourth-order valence-electron chi connectivity index (χ4n) is 3.93. The highest BCUT2D eigenvalue weighted by atomic mass is 19.4. The quantitative estimate of drug-likeness (QED) is 0.623. The van der Waals surface area contributed by atoms with Gasteiger partial charge in [0.15, 0.2) is 0 Å². The molecule has 0 bridgehead atoms. The number of hydrogen-bond donors (Lipinski definition) is 2. The molecule has 2 heterocycles. The number of hydrogen-bond acceptors (Lipinski definition) is 6. The van der Waals surface area contributed by atoms with Gasteiger partial charge in [-0.1, -0.05) is 30.3 Å². The van der Waals surface area contributed by atoms with Gasteiger partial charge in [-0.3, -0.25) is 0 Å². The number of nitrogens with one attached hydrogen (secondary N) is 2. The molecule has 10 heteroatoms. The summed E-state index contributed by atoms with van der Waals surface area (Å²) in [5, 5.41) is 16.9. The van der Waals surface area contributed by atoms with Crippen LogP contribution in [0, 0.1) is 0 Å². The van der Waals surface area contributed by atoms with Gasteiger partial charge >= 0.3 is 6.18 Å². The van der Waals surface area contributed by atoms with Crippen molar-refractivity contribution in [3.8, 4) is 11.4 Å². The van der Waals surface area contributed by atoms with E-state index >= 15 is 0 Å². The Kier molecular flexibility index (Phi) is 6.19. The van der Waals surface area contributed by atoms with E-state index in [2.05, 4.69) is 38.3 Å². The topological polar surface area (TPSA) is 76.9 Å². The maximum Gasteiger partial charge on any atom is 0.453 e. The fraction of sp³-hybridized carbons (Fsp3) is 0.381. The molecular weight excluding hydrogens is 409 g/mol. The average molecular weight is 432 g/mol. The van der Waals surface area contributed by atoms with Gasteiger partial charge in [-0.2, -0.15) is 17.9 Å². The van der Waals surface area contributed by atoms with Crippen LogP contribution in [0.1, 0.15) is 35.8 Å². The Hall–Kier alpha value is -2.98.